The molecule has 162 valence electrons. The van der Waals surface area contributed by atoms with Crippen LogP contribution in [0.5, 0.6) is 5.75 Å². The van der Waals surface area contributed by atoms with Gasteiger partial charge < -0.3 is 4.74 Å². The molecule has 0 aliphatic heterocycles. The zero-order valence-corrected chi connectivity index (χ0v) is 18.4. The van der Waals surface area contributed by atoms with Crippen LogP contribution >= 0.6 is 11.8 Å². The standard InChI is InChI=1S/C24H22FN5OS/c1-2-3-13-31-20-9-7-18(8-10-20)21-15-22-23-26-27-24(29(23)11-12-30(22)28-21)32-16-17-5-4-6-19(25)14-17/h4-12,14-15H,2-3,13,16H2,1H3. The molecule has 0 aliphatic carbocycles. The summed E-state index contributed by atoms with van der Waals surface area (Å²) in [5.74, 6) is 1.25. The minimum atomic E-state index is -0.233. The van der Waals surface area contributed by atoms with Crippen LogP contribution in [0.3, 0.4) is 0 Å². The first-order valence-electron chi connectivity index (χ1n) is 10.5. The molecular formula is C24H22FN5OS. The van der Waals surface area contributed by atoms with Crippen LogP contribution in [0.2, 0.25) is 0 Å². The fourth-order valence-corrected chi connectivity index (χ4v) is 4.32. The van der Waals surface area contributed by atoms with Crippen molar-refractivity contribution in [3.8, 4) is 17.0 Å². The normalized spacial score (nSPS) is 11.4. The number of unbranched alkanes of at least 4 members (excludes halogenated alkanes) is 1. The molecule has 6 nitrogen and oxygen atoms in total. The van der Waals surface area contributed by atoms with Gasteiger partial charge >= 0.3 is 0 Å². The second-order valence-electron chi connectivity index (χ2n) is 7.48. The molecular weight excluding hydrogens is 425 g/mol. The summed E-state index contributed by atoms with van der Waals surface area (Å²) in [5, 5.41) is 14.2. The lowest BCUT2D eigenvalue weighted by atomic mass is 10.1. The van der Waals surface area contributed by atoms with E-state index in [0.717, 1.165) is 58.3 Å². The van der Waals surface area contributed by atoms with E-state index in [1.807, 2.05) is 57.7 Å². The van der Waals surface area contributed by atoms with Gasteiger partial charge in [-0.2, -0.15) is 5.10 Å². The first-order chi connectivity index (χ1) is 15.7. The summed E-state index contributed by atoms with van der Waals surface area (Å²) in [5.41, 5.74) is 4.37. The van der Waals surface area contributed by atoms with Gasteiger partial charge in [-0.3, -0.25) is 4.40 Å². The summed E-state index contributed by atoms with van der Waals surface area (Å²) >= 11 is 1.52. The van der Waals surface area contributed by atoms with E-state index in [1.54, 1.807) is 6.07 Å². The average Bonchev–Trinajstić information content (AvgIpc) is 3.42. The zero-order chi connectivity index (χ0) is 21.9. The van der Waals surface area contributed by atoms with Gasteiger partial charge in [0.15, 0.2) is 10.8 Å². The highest BCUT2D eigenvalue weighted by atomic mass is 32.2. The molecule has 8 heteroatoms. The number of fused-ring (bicyclic) bond motifs is 3. The van der Waals surface area contributed by atoms with Gasteiger partial charge in [0, 0.05) is 23.7 Å². The highest BCUT2D eigenvalue weighted by Gasteiger charge is 2.13. The fraction of sp³-hybridized carbons (Fsp3) is 0.208. The number of hydrogen-bond acceptors (Lipinski definition) is 5. The Morgan fingerprint density at radius 3 is 2.72 bits per heavy atom. The van der Waals surface area contributed by atoms with Crippen molar-refractivity contribution in [1.29, 1.82) is 0 Å². The summed E-state index contributed by atoms with van der Waals surface area (Å²) in [6.07, 6.45) is 5.95. The second kappa shape index (κ2) is 9.00. The highest BCUT2D eigenvalue weighted by Crippen LogP contribution is 2.27. The topological polar surface area (TPSA) is 56.7 Å². The van der Waals surface area contributed by atoms with E-state index in [1.165, 1.54) is 23.9 Å². The molecule has 3 aromatic heterocycles. The molecule has 0 saturated heterocycles. The number of halogens is 1. The van der Waals surface area contributed by atoms with Crippen LogP contribution in [0, 0.1) is 5.82 Å². The first kappa shape index (κ1) is 20.5. The van der Waals surface area contributed by atoms with E-state index in [4.69, 9.17) is 9.84 Å². The average molecular weight is 448 g/mol. The Kier molecular flexibility index (Phi) is 5.77. The number of benzene rings is 2. The van der Waals surface area contributed by atoms with Gasteiger partial charge in [-0.1, -0.05) is 37.2 Å². The molecule has 32 heavy (non-hydrogen) atoms. The highest BCUT2D eigenvalue weighted by molar-refractivity contribution is 7.98. The van der Waals surface area contributed by atoms with Crippen molar-refractivity contribution >= 4 is 22.9 Å². The summed E-state index contributed by atoms with van der Waals surface area (Å²) < 4.78 is 22.9. The van der Waals surface area contributed by atoms with E-state index < -0.39 is 0 Å². The summed E-state index contributed by atoms with van der Waals surface area (Å²) in [7, 11) is 0. The molecule has 0 atom stereocenters. The molecule has 0 amide bonds. The van der Waals surface area contributed by atoms with E-state index in [0.29, 0.717) is 5.75 Å². The molecule has 0 unspecified atom stereocenters. The van der Waals surface area contributed by atoms with Crippen LogP contribution in [-0.4, -0.2) is 30.8 Å². The van der Waals surface area contributed by atoms with Gasteiger partial charge in [0.1, 0.15) is 17.1 Å². The molecule has 0 fully saturated rings. The van der Waals surface area contributed by atoms with Crippen LogP contribution in [0.1, 0.15) is 25.3 Å². The molecule has 0 bridgehead atoms. The van der Waals surface area contributed by atoms with Crippen LogP contribution in [-0.2, 0) is 5.75 Å². The Morgan fingerprint density at radius 1 is 1.03 bits per heavy atom. The van der Waals surface area contributed by atoms with Crippen LogP contribution in [0.4, 0.5) is 4.39 Å². The fourth-order valence-electron chi connectivity index (χ4n) is 3.46. The van der Waals surface area contributed by atoms with Gasteiger partial charge in [-0.05, 0) is 54.4 Å². The second-order valence-corrected chi connectivity index (χ2v) is 8.42. The van der Waals surface area contributed by atoms with Crippen LogP contribution < -0.4 is 4.74 Å². The minimum absolute atomic E-state index is 0.233. The van der Waals surface area contributed by atoms with E-state index in [-0.39, 0.29) is 5.82 Å². The predicted molar refractivity (Wildman–Crippen MR) is 124 cm³/mol. The molecule has 0 saturated carbocycles. The number of aromatic nitrogens is 5. The minimum Gasteiger partial charge on any atom is -0.494 e. The maximum Gasteiger partial charge on any atom is 0.196 e. The van der Waals surface area contributed by atoms with Crippen molar-refractivity contribution in [3.63, 3.8) is 0 Å². The quantitative estimate of drug-likeness (QED) is 0.227. The molecule has 0 N–H and O–H groups in total. The molecule has 0 aliphatic rings. The molecule has 0 radical (unpaired) electrons. The maximum atomic E-state index is 13.4. The molecule has 2 aromatic carbocycles. The van der Waals surface area contributed by atoms with Crippen LogP contribution in [0.25, 0.3) is 22.4 Å². The van der Waals surface area contributed by atoms with Crippen molar-refractivity contribution in [2.24, 2.45) is 0 Å². The number of rotatable bonds is 8. The summed E-state index contributed by atoms with van der Waals surface area (Å²) in [4.78, 5) is 0. The van der Waals surface area contributed by atoms with Gasteiger partial charge in [0.2, 0.25) is 0 Å². The van der Waals surface area contributed by atoms with Crippen LogP contribution in [0.15, 0.2) is 72.1 Å². The van der Waals surface area contributed by atoms with E-state index in [9.17, 15) is 4.39 Å². The van der Waals surface area contributed by atoms with Gasteiger partial charge in [-0.25, -0.2) is 8.91 Å². The lowest BCUT2D eigenvalue weighted by Crippen LogP contribution is -1.96. The first-order valence-corrected chi connectivity index (χ1v) is 11.5. The summed E-state index contributed by atoms with van der Waals surface area (Å²) in [6, 6.07) is 16.6. The van der Waals surface area contributed by atoms with Gasteiger partial charge in [0.25, 0.3) is 0 Å². The predicted octanol–water partition coefficient (Wildman–Crippen LogP) is 5.65. The van der Waals surface area contributed by atoms with Gasteiger partial charge in [-0.15, -0.1) is 10.2 Å². The van der Waals surface area contributed by atoms with Crippen molar-refractivity contribution in [3.05, 3.63) is 78.4 Å². The smallest absolute Gasteiger partial charge is 0.196 e. The largest absolute Gasteiger partial charge is 0.494 e. The molecule has 3 heterocycles. The SMILES string of the molecule is CCCCOc1ccc(-c2cc3c4nnc(SCc5cccc(F)c5)n4ccn3n2)cc1. The number of thioether (sulfide) groups is 1. The van der Waals surface area contributed by atoms with Crippen molar-refractivity contribution in [2.45, 2.75) is 30.7 Å². The Balaban J connectivity index is 1.39. The van der Waals surface area contributed by atoms with Crippen molar-refractivity contribution in [2.75, 3.05) is 6.61 Å². The van der Waals surface area contributed by atoms with E-state index >= 15 is 0 Å². The number of ether oxygens (including phenoxy) is 1. The lowest BCUT2D eigenvalue weighted by Gasteiger charge is -2.05. The number of hydrogen-bond donors (Lipinski definition) is 0. The monoisotopic (exact) mass is 447 g/mol. The maximum absolute atomic E-state index is 13.4. The van der Waals surface area contributed by atoms with E-state index in [2.05, 4.69) is 17.1 Å². The Morgan fingerprint density at radius 2 is 1.91 bits per heavy atom. The third-order valence-electron chi connectivity index (χ3n) is 5.16. The summed E-state index contributed by atoms with van der Waals surface area (Å²) in [6.45, 7) is 2.88. The molecule has 0 spiro atoms. The Labute approximate surface area is 189 Å². The third-order valence-corrected chi connectivity index (χ3v) is 6.17. The Bertz CT molecular complexity index is 1360. The molecule has 5 rings (SSSR count). The van der Waals surface area contributed by atoms with Gasteiger partial charge in [0.05, 0.1) is 12.3 Å². The third kappa shape index (κ3) is 4.18. The zero-order valence-electron chi connectivity index (χ0n) is 17.6. The number of nitrogens with zero attached hydrogens (tertiary/aromatic N) is 5. The molecule has 5 aromatic rings. The van der Waals surface area contributed by atoms with Crippen molar-refractivity contribution < 1.29 is 9.13 Å². The van der Waals surface area contributed by atoms with Crippen molar-refractivity contribution in [1.82, 2.24) is 24.2 Å². The lowest BCUT2D eigenvalue weighted by molar-refractivity contribution is 0.309. The Hall–Kier alpha value is -3.39.